The van der Waals surface area contributed by atoms with Crippen molar-refractivity contribution in [2.24, 2.45) is 0 Å². The van der Waals surface area contributed by atoms with E-state index in [2.05, 4.69) is 5.10 Å². The molecule has 1 heterocycles. The summed E-state index contributed by atoms with van der Waals surface area (Å²) in [6, 6.07) is 4.67. The second-order valence-electron chi connectivity index (χ2n) is 5.54. The maximum absolute atomic E-state index is 13.6. The van der Waals surface area contributed by atoms with Gasteiger partial charge in [0.2, 0.25) is 0 Å². The van der Waals surface area contributed by atoms with Crippen LogP contribution >= 0.6 is 0 Å². The molecule has 0 fully saturated rings. The van der Waals surface area contributed by atoms with Gasteiger partial charge in [0.05, 0.1) is 5.69 Å². The Kier molecular flexibility index (Phi) is 3.49. The number of halogens is 1. The minimum Gasteiger partial charge on any atom is -0.476 e. The van der Waals surface area contributed by atoms with Crippen LogP contribution in [0.15, 0.2) is 18.2 Å². The molecule has 0 saturated carbocycles. The summed E-state index contributed by atoms with van der Waals surface area (Å²) in [7, 11) is 0. The zero-order valence-corrected chi connectivity index (χ0v) is 11.9. The monoisotopic (exact) mass is 288 g/mol. The van der Waals surface area contributed by atoms with Gasteiger partial charge in [0.25, 0.3) is 0 Å². The van der Waals surface area contributed by atoms with Crippen LogP contribution in [0.5, 0.6) is 0 Å². The molecule has 1 aliphatic carbocycles. The summed E-state index contributed by atoms with van der Waals surface area (Å²) in [4.78, 5) is 11.4. The molecular formula is C16H17FN2O2. The Morgan fingerprint density at radius 2 is 2.00 bits per heavy atom. The molecule has 21 heavy (non-hydrogen) atoms. The number of hydrogen-bond donors (Lipinski definition) is 1. The number of nitrogens with zero attached hydrogens (tertiary/aromatic N) is 2. The third-order valence-electron chi connectivity index (χ3n) is 3.90. The quantitative estimate of drug-likeness (QED) is 0.863. The maximum atomic E-state index is 13.6. The highest BCUT2D eigenvalue weighted by Gasteiger charge is 2.24. The highest BCUT2D eigenvalue weighted by atomic mass is 19.1. The number of hydrogen-bond acceptors (Lipinski definition) is 2. The van der Waals surface area contributed by atoms with Crippen molar-refractivity contribution in [1.82, 2.24) is 9.78 Å². The molecule has 3 rings (SSSR count). The van der Waals surface area contributed by atoms with Gasteiger partial charge in [-0.3, -0.25) is 0 Å². The first-order valence-corrected chi connectivity index (χ1v) is 7.18. The topological polar surface area (TPSA) is 55.1 Å². The van der Waals surface area contributed by atoms with Crippen molar-refractivity contribution in [1.29, 1.82) is 0 Å². The SMILES string of the molecule is Cc1cc(F)cc(-n2nc(C(=O)O)c3c2CCCCC3)c1. The lowest BCUT2D eigenvalue weighted by atomic mass is 10.1. The van der Waals surface area contributed by atoms with Crippen molar-refractivity contribution in [3.05, 3.63) is 46.5 Å². The van der Waals surface area contributed by atoms with Gasteiger partial charge in [-0.1, -0.05) is 6.42 Å². The van der Waals surface area contributed by atoms with Crippen LogP contribution in [0.25, 0.3) is 5.69 Å². The van der Waals surface area contributed by atoms with Gasteiger partial charge in [-0.05, 0) is 56.4 Å². The minimum atomic E-state index is -1.01. The fraction of sp³-hybridized carbons (Fsp3) is 0.375. The fourth-order valence-corrected chi connectivity index (χ4v) is 3.00. The van der Waals surface area contributed by atoms with Crippen LogP contribution in [0.3, 0.4) is 0 Å². The van der Waals surface area contributed by atoms with Gasteiger partial charge in [0, 0.05) is 11.3 Å². The van der Waals surface area contributed by atoms with Crippen LogP contribution in [0.4, 0.5) is 4.39 Å². The lowest BCUT2D eigenvalue weighted by Crippen LogP contribution is -2.05. The summed E-state index contributed by atoms with van der Waals surface area (Å²) in [5, 5.41) is 13.6. The van der Waals surface area contributed by atoms with E-state index in [9.17, 15) is 14.3 Å². The lowest BCUT2D eigenvalue weighted by Gasteiger charge is -2.08. The number of fused-ring (bicyclic) bond motifs is 1. The van der Waals surface area contributed by atoms with E-state index in [4.69, 9.17) is 0 Å². The van der Waals surface area contributed by atoms with Crippen molar-refractivity contribution in [2.75, 3.05) is 0 Å². The highest BCUT2D eigenvalue weighted by molar-refractivity contribution is 5.87. The Labute approximate surface area is 122 Å². The predicted molar refractivity (Wildman–Crippen MR) is 76.5 cm³/mol. The van der Waals surface area contributed by atoms with E-state index >= 15 is 0 Å². The van der Waals surface area contributed by atoms with E-state index in [0.717, 1.165) is 48.9 Å². The second-order valence-corrected chi connectivity index (χ2v) is 5.54. The van der Waals surface area contributed by atoms with Crippen LogP contribution in [0.1, 0.15) is 46.6 Å². The molecule has 5 heteroatoms. The summed E-state index contributed by atoms with van der Waals surface area (Å²) in [6.45, 7) is 1.81. The molecule has 110 valence electrons. The molecule has 1 aromatic carbocycles. The Bertz CT molecular complexity index is 686. The first kappa shape index (κ1) is 13.8. The standard InChI is InChI=1S/C16H17FN2O2/c1-10-7-11(17)9-12(8-10)19-14-6-4-2-3-5-13(14)15(18-19)16(20)21/h7-9H,2-6H2,1H3,(H,20,21). The first-order chi connectivity index (χ1) is 10.1. The summed E-state index contributed by atoms with van der Waals surface area (Å²) >= 11 is 0. The van der Waals surface area contributed by atoms with Gasteiger partial charge >= 0.3 is 5.97 Å². The Morgan fingerprint density at radius 3 is 2.71 bits per heavy atom. The zero-order chi connectivity index (χ0) is 15.0. The average molecular weight is 288 g/mol. The van der Waals surface area contributed by atoms with E-state index in [0.29, 0.717) is 5.69 Å². The van der Waals surface area contributed by atoms with Crippen LogP contribution in [0, 0.1) is 12.7 Å². The molecule has 0 spiro atoms. The van der Waals surface area contributed by atoms with Crippen LogP contribution in [0.2, 0.25) is 0 Å². The van der Waals surface area contributed by atoms with Crippen LogP contribution in [-0.2, 0) is 12.8 Å². The molecule has 0 saturated heterocycles. The summed E-state index contributed by atoms with van der Waals surface area (Å²) < 4.78 is 15.2. The molecule has 0 unspecified atom stereocenters. The van der Waals surface area contributed by atoms with E-state index < -0.39 is 5.97 Å². The molecule has 4 nitrogen and oxygen atoms in total. The fourth-order valence-electron chi connectivity index (χ4n) is 3.00. The van der Waals surface area contributed by atoms with Gasteiger partial charge in [-0.2, -0.15) is 5.10 Å². The number of benzene rings is 1. The number of carboxylic acid groups (broad SMARTS) is 1. The summed E-state index contributed by atoms with van der Waals surface area (Å²) in [5.41, 5.74) is 3.21. The van der Waals surface area contributed by atoms with Crippen molar-refractivity contribution < 1.29 is 14.3 Å². The van der Waals surface area contributed by atoms with Crippen LogP contribution < -0.4 is 0 Å². The van der Waals surface area contributed by atoms with Crippen molar-refractivity contribution in [3.63, 3.8) is 0 Å². The number of aromatic nitrogens is 2. The van der Waals surface area contributed by atoms with Crippen molar-refractivity contribution in [3.8, 4) is 5.69 Å². The van der Waals surface area contributed by atoms with Gasteiger partial charge in [0.1, 0.15) is 5.82 Å². The normalized spacial score (nSPS) is 14.6. The average Bonchev–Trinajstić information content (AvgIpc) is 2.60. The van der Waals surface area contributed by atoms with E-state index in [1.54, 1.807) is 4.68 Å². The lowest BCUT2D eigenvalue weighted by molar-refractivity contribution is 0.0688. The van der Waals surface area contributed by atoms with Gasteiger partial charge in [-0.15, -0.1) is 0 Å². The second kappa shape index (κ2) is 5.31. The van der Waals surface area contributed by atoms with Crippen LogP contribution in [-0.4, -0.2) is 20.9 Å². The number of carbonyl (C=O) groups is 1. The van der Waals surface area contributed by atoms with Gasteiger partial charge in [0.15, 0.2) is 5.69 Å². The molecule has 1 N–H and O–H groups in total. The number of aromatic carboxylic acids is 1. The zero-order valence-electron chi connectivity index (χ0n) is 11.9. The maximum Gasteiger partial charge on any atom is 0.356 e. The predicted octanol–water partition coefficient (Wildman–Crippen LogP) is 3.29. The smallest absolute Gasteiger partial charge is 0.356 e. The number of rotatable bonds is 2. The largest absolute Gasteiger partial charge is 0.476 e. The summed E-state index contributed by atoms with van der Waals surface area (Å²) in [5.74, 6) is -1.35. The third kappa shape index (κ3) is 2.55. The van der Waals surface area contributed by atoms with Gasteiger partial charge in [-0.25, -0.2) is 13.9 Å². The highest BCUT2D eigenvalue weighted by Crippen LogP contribution is 2.27. The third-order valence-corrected chi connectivity index (χ3v) is 3.90. The van der Waals surface area contributed by atoms with Crippen molar-refractivity contribution >= 4 is 5.97 Å². The Balaban J connectivity index is 2.20. The Morgan fingerprint density at radius 1 is 1.24 bits per heavy atom. The molecule has 1 aliphatic rings. The molecule has 2 aromatic rings. The molecule has 0 radical (unpaired) electrons. The number of aryl methyl sites for hydroxylation is 1. The van der Waals surface area contributed by atoms with E-state index in [1.807, 2.05) is 13.0 Å². The molecule has 0 atom stereocenters. The first-order valence-electron chi connectivity index (χ1n) is 7.18. The van der Waals surface area contributed by atoms with Gasteiger partial charge < -0.3 is 5.11 Å². The Hall–Kier alpha value is -2.17. The minimum absolute atomic E-state index is 0.105. The molecule has 0 amide bonds. The van der Waals surface area contributed by atoms with E-state index in [-0.39, 0.29) is 11.5 Å². The number of carboxylic acids is 1. The molecule has 0 bridgehead atoms. The molecule has 1 aromatic heterocycles. The molecular weight excluding hydrogens is 271 g/mol. The molecule has 0 aliphatic heterocycles. The van der Waals surface area contributed by atoms with E-state index in [1.165, 1.54) is 12.1 Å². The van der Waals surface area contributed by atoms with Crippen molar-refractivity contribution in [2.45, 2.75) is 39.0 Å². The summed E-state index contributed by atoms with van der Waals surface area (Å²) in [6.07, 6.45) is 4.57.